The second-order valence-corrected chi connectivity index (χ2v) is 7.70. The summed E-state index contributed by atoms with van der Waals surface area (Å²) in [7, 11) is 0. The number of nitrogens with zero attached hydrogens (tertiary/aromatic N) is 1. The van der Waals surface area contributed by atoms with Gasteiger partial charge in [-0.05, 0) is 43.7 Å². The van der Waals surface area contributed by atoms with Crippen molar-refractivity contribution in [2.24, 2.45) is 11.7 Å². The molecule has 3 N–H and O–H groups in total. The van der Waals surface area contributed by atoms with Crippen molar-refractivity contribution in [3.05, 3.63) is 50.3 Å². The van der Waals surface area contributed by atoms with Crippen molar-refractivity contribution in [3.8, 4) is 0 Å². The maximum absolute atomic E-state index is 12.4. The summed E-state index contributed by atoms with van der Waals surface area (Å²) in [6.07, 6.45) is 4.28. The van der Waals surface area contributed by atoms with Gasteiger partial charge in [0, 0.05) is 16.6 Å². The van der Waals surface area contributed by atoms with Gasteiger partial charge in [-0.15, -0.1) is 11.3 Å². The van der Waals surface area contributed by atoms with Crippen LogP contribution in [0.3, 0.4) is 0 Å². The second kappa shape index (κ2) is 6.84. The van der Waals surface area contributed by atoms with Crippen LogP contribution in [0.1, 0.15) is 39.7 Å². The number of carbonyl (C=O) groups is 2. The molecule has 0 saturated carbocycles. The van der Waals surface area contributed by atoms with E-state index in [-0.39, 0.29) is 18.0 Å². The van der Waals surface area contributed by atoms with Crippen molar-refractivity contribution < 1.29 is 9.59 Å². The fourth-order valence-electron chi connectivity index (χ4n) is 3.20. The van der Waals surface area contributed by atoms with Gasteiger partial charge in [0.2, 0.25) is 5.91 Å². The Morgan fingerprint density at radius 1 is 1.44 bits per heavy atom. The molecule has 0 saturated heterocycles. The van der Waals surface area contributed by atoms with Crippen LogP contribution in [0.25, 0.3) is 0 Å². The summed E-state index contributed by atoms with van der Waals surface area (Å²) < 4.78 is 1.35. The molecule has 0 aliphatic heterocycles. The summed E-state index contributed by atoms with van der Waals surface area (Å²) in [6.45, 7) is 3.78. The van der Waals surface area contributed by atoms with E-state index in [1.54, 1.807) is 25.3 Å². The van der Waals surface area contributed by atoms with Gasteiger partial charge in [-0.1, -0.05) is 13.0 Å². The lowest BCUT2D eigenvalue weighted by molar-refractivity contribution is -0.116. The lowest BCUT2D eigenvalue weighted by Gasteiger charge is -2.18. The van der Waals surface area contributed by atoms with E-state index in [1.807, 2.05) is 0 Å². The number of anilines is 1. The smallest absolute Gasteiger partial charge is 0.253 e. The highest BCUT2D eigenvalue weighted by Crippen LogP contribution is 2.39. The summed E-state index contributed by atoms with van der Waals surface area (Å²) in [5, 5.41) is 3.28. The first-order chi connectivity index (χ1) is 11.9. The van der Waals surface area contributed by atoms with Gasteiger partial charge in [0.25, 0.3) is 11.5 Å². The Morgan fingerprint density at radius 3 is 2.92 bits per heavy atom. The third-order valence-electron chi connectivity index (χ3n) is 4.54. The number of nitrogens with one attached hydrogen (secondary N) is 1. The van der Waals surface area contributed by atoms with Crippen LogP contribution >= 0.6 is 11.3 Å². The van der Waals surface area contributed by atoms with Gasteiger partial charge in [-0.25, -0.2) is 0 Å². The maximum Gasteiger partial charge on any atom is 0.253 e. The normalized spacial score (nSPS) is 16.3. The Kier molecular flexibility index (Phi) is 4.76. The van der Waals surface area contributed by atoms with Crippen LogP contribution in [0, 0.1) is 12.8 Å². The summed E-state index contributed by atoms with van der Waals surface area (Å²) >= 11 is 1.42. The summed E-state index contributed by atoms with van der Waals surface area (Å²) in [6, 6.07) is 3.43. The van der Waals surface area contributed by atoms with E-state index >= 15 is 0 Å². The van der Waals surface area contributed by atoms with Gasteiger partial charge >= 0.3 is 0 Å². The largest absolute Gasteiger partial charge is 0.365 e. The molecule has 0 bridgehead atoms. The predicted molar refractivity (Wildman–Crippen MR) is 98.1 cm³/mol. The standard InChI is InChI=1S/C18H21N3O3S/c1-10-5-6-12-13(8-10)25-17(15(12)16(19)23)20-14(22)9-21-7-3-4-11(2)18(21)24/h3-4,7,10H,5-6,8-9H2,1-2H3,(H2,19,23)(H,20,22). The van der Waals surface area contributed by atoms with Gasteiger partial charge in [0.15, 0.2) is 0 Å². The maximum atomic E-state index is 12.4. The molecule has 0 fully saturated rings. The molecule has 2 heterocycles. The van der Waals surface area contributed by atoms with Gasteiger partial charge in [-0.2, -0.15) is 0 Å². The van der Waals surface area contributed by atoms with E-state index in [1.165, 1.54) is 15.9 Å². The second-order valence-electron chi connectivity index (χ2n) is 6.59. The third kappa shape index (κ3) is 3.51. The Bertz CT molecular complexity index is 897. The van der Waals surface area contributed by atoms with E-state index in [9.17, 15) is 14.4 Å². The van der Waals surface area contributed by atoms with Crippen molar-refractivity contribution in [2.75, 3.05) is 5.32 Å². The zero-order chi connectivity index (χ0) is 18.1. The third-order valence-corrected chi connectivity index (χ3v) is 5.71. The van der Waals surface area contributed by atoms with Crippen molar-refractivity contribution in [3.63, 3.8) is 0 Å². The van der Waals surface area contributed by atoms with E-state index in [4.69, 9.17) is 5.73 Å². The molecule has 132 valence electrons. The van der Waals surface area contributed by atoms with Gasteiger partial charge < -0.3 is 15.6 Å². The molecule has 0 radical (unpaired) electrons. The topological polar surface area (TPSA) is 94.2 Å². The SMILES string of the molecule is Cc1cccn(CC(=O)Nc2sc3c(c2C(N)=O)CCC(C)C3)c1=O. The van der Waals surface area contributed by atoms with Crippen molar-refractivity contribution in [2.45, 2.75) is 39.7 Å². The number of thiophene rings is 1. The molecule has 1 aliphatic carbocycles. The number of aryl methyl sites for hydroxylation is 1. The van der Waals surface area contributed by atoms with Gasteiger partial charge in [0.1, 0.15) is 11.5 Å². The zero-order valence-electron chi connectivity index (χ0n) is 14.3. The fourth-order valence-corrected chi connectivity index (χ4v) is 4.63. The predicted octanol–water partition coefficient (Wildman–Crippen LogP) is 2.08. The summed E-state index contributed by atoms with van der Waals surface area (Å²) in [5.41, 5.74) is 7.33. The van der Waals surface area contributed by atoms with Crippen LogP contribution in [-0.2, 0) is 24.2 Å². The van der Waals surface area contributed by atoms with E-state index in [0.29, 0.717) is 22.0 Å². The molecule has 1 unspecified atom stereocenters. The highest BCUT2D eigenvalue weighted by molar-refractivity contribution is 7.17. The summed E-state index contributed by atoms with van der Waals surface area (Å²) in [4.78, 5) is 37.4. The van der Waals surface area contributed by atoms with Crippen molar-refractivity contribution >= 4 is 28.2 Å². The highest BCUT2D eigenvalue weighted by Gasteiger charge is 2.27. The number of aromatic nitrogens is 1. The lowest BCUT2D eigenvalue weighted by atomic mass is 9.88. The van der Waals surface area contributed by atoms with E-state index < -0.39 is 5.91 Å². The fraction of sp³-hybridized carbons (Fsp3) is 0.389. The Hall–Kier alpha value is -2.41. The number of nitrogens with two attached hydrogens (primary N) is 1. The molecule has 3 rings (SSSR count). The minimum Gasteiger partial charge on any atom is -0.365 e. The molecule has 1 aliphatic rings. The van der Waals surface area contributed by atoms with Crippen molar-refractivity contribution in [1.29, 1.82) is 0 Å². The minimum absolute atomic E-state index is 0.0995. The number of amides is 2. The molecule has 2 aromatic heterocycles. The van der Waals surface area contributed by atoms with Crippen molar-refractivity contribution in [1.82, 2.24) is 4.57 Å². The number of hydrogen-bond donors (Lipinski definition) is 2. The molecule has 0 aromatic carbocycles. The van der Waals surface area contributed by atoms with Crippen LogP contribution < -0.4 is 16.6 Å². The lowest BCUT2D eigenvalue weighted by Crippen LogP contribution is -2.28. The number of fused-ring (bicyclic) bond motifs is 1. The average Bonchev–Trinajstić information content (AvgIpc) is 2.88. The molecule has 1 atom stereocenters. The van der Waals surface area contributed by atoms with Crippen LogP contribution in [0.15, 0.2) is 23.1 Å². The molecule has 2 aromatic rings. The number of carbonyl (C=O) groups excluding carboxylic acids is 2. The number of hydrogen-bond acceptors (Lipinski definition) is 4. The van der Waals surface area contributed by atoms with Crippen LogP contribution in [0.4, 0.5) is 5.00 Å². The Labute approximate surface area is 149 Å². The molecular formula is C18H21N3O3S. The molecule has 2 amide bonds. The van der Waals surface area contributed by atoms with E-state index in [0.717, 1.165) is 29.7 Å². The van der Waals surface area contributed by atoms with Gasteiger partial charge in [0.05, 0.1) is 5.56 Å². The Balaban J connectivity index is 1.85. The van der Waals surface area contributed by atoms with E-state index in [2.05, 4.69) is 12.2 Å². The van der Waals surface area contributed by atoms with Crippen LogP contribution in [-0.4, -0.2) is 16.4 Å². The number of pyridine rings is 1. The molecule has 25 heavy (non-hydrogen) atoms. The summed E-state index contributed by atoms with van der Waals surface area (Å²) in [5.74, 6) is -0.307. The molecule has 7 heteroatoms. The van der Waals surface area contributed by atoms with Gasteiger partial charge in [-0.3, -0.25) is 14.4 Å². The monoisotopic (exact) mass is 359 g/mol. The first kappa shape index (κ1) is 17.4. The van der Waals surface area contributed by atoms with Crippen LogP contribution in [0.5, 0.6) is 0 Å². The Morgan fingerprint density at radius 2 is 2.20 bits per heavy atom. The molecular weight excluding hydrogens is 338 g/mol. The van der Waals surface area contributed by atoms with Crippen LogP contribution in [0.2, 0.25) is 0 Å². The minimum atomic E-state index is -0.518. The number of primary amides is 1. The first-order valence-corrected chi connectivity index (χ1v) is 9.08. The average molecular weight is 359 g/mol. The first-order valence-electron chi connectivity index (χ1n) is 8.27. The molecule has 6 nitrogen and oxygen atoms in total. The quantitative estimate of drug-likeness (QED) is 0.875. The highest BCUT2D eigenvalue weighted by atomic mass is 32.1. The number of rotatable bonds is 4. The molecule has 0 spiro atoms. The zero-order valence-corrected chi connectivity index (χ0v) is 15.1.